The Hall–Kier alpha value is -2.31. The van der Waals surface area contributed by atoms with E-state index >= 15 is 0 Å². The van der Waals surface area contributed by atoms with E-state index < -0.39 is 42.0 Å². The van der Waals surface area contributed by atoms with Gasteiger partial charge in [0.25, 0.3) is 0 Å². The molecule has 7 nitrogen and oxygen atoms in total. The van der Waals surface area contributed by atoms with Crippen LogP contribution in [-0.2, 0) is 0 Å². The Kier molecular flexibility index (Phi) is 8.32. The Labute approximate surface area is 185 Å². The van der Waals surface area contributed by atoms with Gasteiger partial charge in [0.1, 0.15) is 35.4 Å². The number of hydrogen-bond donors (Lipinski definition) is 3. The van der Waals surface area contributed by atoms with Gasteiger partial charge < -0.3 is 15.4 Å². The SMILES string of the molecule is CNCCCOc1cc(F)c(C2=C(Cl)NC3N=CNN3C2=NCC(F)(F)F)c(F)c1.Cl. The number of aliphatic imine (C=N–C) groups is 2. The predicted molar refractivity (Wildman–Crippen MR) is 109 cm³/mol. The first kappa shape index (κ1) is 25.0. The number of rotatable bonds is 7. The maximum atomic E-state index is 14.8. The van der Waals surface area contributed by atoms with Crippen LogP contribution >= 0.6 is 24.0 Å². The van der Waals surface area contributed by atoms with Gasteiger partial charge in [0.15, 0.2) is 5.84 Å². The highest BCUT2D eigenvalue weighted by molar-refractivity contribution is 6.40. The zero-order valence-electron chi connectivity index (χ0n) is 16.1. The molecule has 0 amide bonds. The Balaban J connectivity index is 0.00000341. The van der Waals surface area contributed by atoms with E-state index in [1.54, 1.807) is 7.05 Å². The van der Waals surface area contributed by atoms with Gasteiger partial charge in [-0.05, 0) is 20.0 Å². The number of ether oxygens (including phenoxy) is 1. The van der Waals surface area contributed by atoms with Gasteiger partial charge in [0.2, 0.25) is 6.29 Å². The molecule has 1 aromatic rings. The quantitative estimate of drug-likeness (QED) is 0.312. The van der Waals surface area contributed by atoms with Crippen molar-refractivity contribution in [3.05, 3.63) is 34.5 Å². The lowest BCUT2D eigenvalue weighted by atomic mass is 10.0. The molecule has 0 aliphatic carbocycles. The van der Waals surface area contributed by atoms with E-state index in [2.05, 4.69) is 26.0 Å². The third-order valence-electron chi connectivity index (χ3n) is 4.10. The van der Waals surface area contributed by atoms with Crippen LogP contribution in [0, 0.1) is 11.6 Å². The van der Waals surface area contributed by atoms with Crippen molar-refractivity contribution in [2.45, 2.75) is 18.9 Å². The number of halogens is 7. The van der Waals surface area contributed by atoms with E-state index in [1.807, 2.05) is 0 Å². The lowest BCUT2D eigenvalue weighted by Crippen LogP contribution is -2.53. The number of amidine groups is 1. The molecule has 3 N–H and O–H groups in total. The van der Waals surface area contributed by atoms with E-state index in [-0.39, 0.29) is 35.5 Å². The van der Waals surface area contributed by atoms with Gasteiger partial charge in [-0.3, -0.25) is 10.4 Å². The van der Waals surface area contributed by atoms with Crippen molar-refractivity contribution in [2.24, 2.45) is 9.98 Å². The molecular formula is C17H19Cl2F5N6O. The molecule has 0 fully saturated rings. The van der Waals surface area contributed by atoms with Gasteiger partial charge in [-0.25, -0.2) is 18.8 Å². The fourth-order valence-electron chi connectivity index (χ4n) is 2.84. The summed E-state index contributed by atoms with van der Waals surface area (Å²) in [7, 11) is 1.76. The fourth-order valence-corrected chi connectivity index (χ4v) is 3.12. The number of benzene rings is 1. The minimum atomic E-state index is -4.63. The Morgan fingerprint density at radius 3 is 2.58 bits per heavy atom. The van der Waals surface area contributed by atoms with Crippen molar-refractivity contribution in [3.8, 4) is 5.75 Å². The second kappa shape index (κ2) is 10.3. The number of hydrazine groups is 1. The summed E-state index contributed by atoms with van der Waals surface area (Å²) >= 11 is 6.14. The van der Waals surface area contributed by atoms with Crippen LogP contribution in [0.3, 0.4) is 0 Å². The summed E-state index contributed by atoms with van der Waals surface area (Å²) in [5, 5.41) is 6.36. The smallest absolute Gasteiger partial charge is 0.408 e. The van der Waals surface area contributed by atoms with E-state index in [0.717, 1.165) is 17.1 Å². The standard InChI is InChI=1S/C17H18ClF5N6O.ClH/c1-24-3-2-4-30-9-5-10(19)12(11(20)6-9)13-14(18)28-16-26-8-27-29(16)15(13)25-7-17(21,22)23;/h5-6,8,16,24,28H,2-4,7H2,1H3,(H,26,27);1H. The Morgan fingerprint density at radius 2 is 1.97 bits per heavy atom. The summed E-state index contributed by atoms with van der Waals surface area (Å²) in [6, 6.07) is 1.88. The Bertz CT molecular complexity index is 869. The lowest BCUT2D eigenvalue weighted by Gasteiger charge is -2.33. The van der Waals surface area contributed by atoms with Crippen LogP contribution in [0.1, 0.15) is 12.0 Å². The first-order chi connectivity index (χ1) is 14.2. The molecule has 14 heteroatoms. The van der Waals surface area contributed by atoms with E-state index in [4.69, 9.17) is 16.3 Å². The molecule has 0 bridgehead atoms. The summed E-state index contributed by atoms with van der Waals surface area (Å²) in [5.41, 5.74) is 1.56. The topological polar surface area (TPSA) is 73.3 Å². The summed E-state index contributed by atoms with van der Waals surface area (Å²) in [4.78, 5) is 7.43. The maximum absolute atomic E-state index is 14.8. The molecule has 1 atom stereocenters. The van der Waals surface area contributed by atoms with Crippen LogP contribution in [0.4, 0.5) is 22.0 Å². The van der Waals surface area contributed by atoms with E-state index in [0.29, 0.717) is 13.0 Å². The molecule has 2 aliphatic heterocycles. The minimum absolute atomic E-state index is 0. The zero-order chi connectivity index (χ0) is 21.9. The van der Waals surface area contributed by atoms with Gasteiger partial charge >= 0.3 is 6.18 Å². The van der Waals surface area contributed by atoms with Crippen molar-refractivity contribution in [3.63, 3.8) is 0 Å². The molecule has 2 aliphatic rings. The molecule has 0 aromatic heterocycles. The molecule has 0 saturated heterocycles. The number of fused-ring (bicyclic) bond motifs is 1. The molecule has 0 saturated carbocycles. The van der Waals surface area contributed by atoms with Gasteiger partial charge in [0.05, 0.1) is 17.7 Å². The summed E-state index contributed by atoms with van der Waals surface area (Å²) in [6.07, 6.45) is -3.73. The molecule has 1 unspecified atom stereocenters. The third kappa shape index (κ3) is 5.89. The molecule has 3 rings (SSSR count). The van der Waals surface area contributed by atoms with Crippen molar-refractivity contribution < 1.29 is 26.7 Å². The van der Waals surface area contributed by atoms with Crippen LogP contribution in [0.2, 0.25) is 0 Å². The van der Waals surface area contributed by atoms with Gasteiger partial charge in [-0.2, -0.15) is 13.2 Å². The van der Waals surface area contributed by atoms with Gasteiger partial charge in [-0.15, -0.1) is 12.4 Å². The molecule has 0 radical (unpaired) electrons. The first-order valence-electron chi connectivity index (χ1n) is 8.83. The molecule has 1 aromatic carbocycles. The highest BCUT2D eigenvalue weighted by Crippen LogP contribution is 2.34. The van der Waals surface area contributed by atoms with Crippen LogP contribution in [-0.4, -0.2) is 56.4 Å². The largest absolute Gasteiger partial charge is 0.493 e. The number of hydrogen-bond acceptors (Lipinski definition) is 6. The molecular weight excluding hydrogens is 470 g/mol. The Morgan fingerprint density at radius 1 is 1.29 bits per heavy atom. The van der Waals surface area contributed by atoms with E-state index in [9.17, 15) is 22.0 Å². The second-order valence-corrected chi connectivity index (χ2v) is 6.68. The van der Waals surface area contributed by atoms with Crippen LogP contribution in [0.5, 0.6) is 5.75 Å². The monoisotopic (exact) mass is 488 g/mol. The van der Waals surface area contributed by atoms with E-state index in [1.165, 1.54) is 6.34 Å². The molecule has 31 heavy (non-hydrogen) atoms. The number of alkyl halides is 3. The summed E-state index contributed by atoms with van der Waals surface area (Å²) in [5.74, 6) is -2.59. The lowest BCUT2D eigenvalue weighted by molar-refractivity contribution is -0.118. The summed E-state index contributed by atoms with van der Waals surface area (Å²) < 4.78 is 73.3. The molecule has 0 spiro atoms. The van der Waals surface area contributed by atoms with Crippen molar-refractivity contribution in [1.82, 2.24) is 21.1 Å². The van der Waals surface area contributed by atoms with Crippen LogP contribution < -0.4 is 20.8 Å². The predicted octanol–water partition coefficient (Wildman–Crippen LogP) is 2.98. The van der Waals surface area contributed by atoms with Gasteiger partial charge in [-0.1, -0.05) is 11.6 Å². The number of nitrogens with zero attached hydrogens (tertiary/aromatic N) is 3. The number of nitrogens with one attached hydrogen (secondary N) is 3. The molecule has 2 heterocycles. The average molecular weight is 489 g/mol. The first-order valence-corrected chi connectivity index (χ1v) is 9.21. The average Bonchev–Trinajstić information content (AvgIpc) is 3.11. The highest BCUT2D eigenvalue weighted by Gasteiger charge is 2.38. The molecule has 172 valence electrons. The summed E-state index contributed by atoms with van der Waals surface area (Å²) in [6.45, 7) is -0.696. The highest BCUT2D eigenvalue weighted by atomic mass is 35.5. The van der Waals surface area contributed by atoms with Crippen molar-refractivity contribution in [1.29, 1.82) is 0 Å². The minimum Gasteiger partial charge on any atom is -0.493 e. The normalized spacial score (nSPS) is 19.1. The van der Waals surface area contributed by atoms with Crippen molar-refractivity contribution >= 4 is 41.8 Å². The van der Waals surface area contributed by atoms with Crippen molar-refractivity contribution in [2.75, 3.05) is 26.7 Å². The van der Waals surface area contributed by atoms with Gasteiger partial charge in [0, 0.05) is 12.1 Å². The van der Waals surface area contributed by atoms with Crippen LogP contribution in [0.25, 0.3) is 5.57 Å². The maximum Gasteiger partial charge on any atom is 0.408 e. The zero-order valence-corrected chi connectivity index (χ0v) is 17.6. The second-order valence-electron chi connectivity index (χ2n) is 6.31. The third-order valence-corrected chi connectivity index (χ3v) is 4.40. The fraction of sp³-hybridized carbons (Fsp3) is 0.412. The van der Waals surface area contributed by atoms with Crippen LogP contribution in [0.15, 0.2) is 27.3 Å².